The summed E-state index contributed by atoms with van der Waals surface area (Å²) < 4.78 is 0. The van der Waals surface area contributed by atoms with E-state index in [4.69, 9.17) is 11.5 Å². The highest BCUT2D eigenvalue weighted by atomic mass is 15.1. The molecule has 0 aromatic heterocycles. The summed E-state index contributed by atoms with van der Waals surface area (Å²) in [6, 6.07) is 37.4. The third-order valence-electron chi connectivity index (χ3n) is 11.6. The Morgan fingerprint density at radius 2 is 0.600 bits per heavy atom. The monoisotopic (exact) mass is 738 g/mol. The molecule has 0 saturated heterocycles. The summed E-state index contributed by atoms with van der Waals surface area (Å²) in [6.07, 6.45) is 0. The van der Waals surface area contributed by atoms with Crippen LogP contribution in [-0.4, -0.2) is 42.3 Å². The molecule has 0 atom stereocenters. The first-order chi connectivity index (χ1) is 25.9. The second-order valence-corrected chi connectivity index (χ2v) is 17.4. The van der Waals surface area contributed by atoms with E-state index in [1.807, 2.05) is 0 Å². The van der Waals surface area contributed by atoms with Crippen molar-refractivity contribution in [2.75, 3.05) is 68.5 Å². The fraction of sp³-hybridized carbons (Fsp3) is 0.400. The maximum absolute atomic E-state index is 7.09. The first kappa shape index (κ1) is 41.3. The van der Waals surface area contributed by atoms with Crippen molar-refractivity contribution < 1.29 is 0 Å². The number of benzene rings is 5. The zero-order valence-corrected chi connectivity index (χ0v) is 36.1. The van der Waals surface area contributed by atoms with Gasteiger partial charge in [0.2, 0.25) is 0 Å². The van der Waals surface area contributed by atoms with Crippen molar-refractivity contribution >= 4 is 28.4 Å². The Balaban J connectivity index is 2.11. The number of hydrogen-bond acceptors (Lipinski definition) is 5. The van der Waals surface area contributed by atoms with Gasteiger partial charge in [-0.3, -0.25) is 0 Å². The predicted octanol–water partition coefficient (Wildman–Crippen LogP) is 11.7. The minimum absolute atomic E-state index is 0.167. The minimum Gasteiger partial charge on any atom is -0.398 e. The van der Waals surface area contributed by atoms with Gasteiger partial charge in [-0.25, -0.2) is 0 Å². The largest absolute Gasteiger partial charge is 0.398 e. The van der Waals surface area contributed by atoms with Gasteiger partial charge in [-0.05, 0) is 110 Å². The first-order valence-corrected chi connectivity index (χ1v) is 20.1. The molecule has 5 aromatic rings. The van der Waals surface area contributed by atoms with Crippen LogP contribution in [0.4, 0.5) is 28.4 Å². The normalized spacial score (nSPS) is 12.1. The van der Waals surface area contributed by atoms with E-state index < -0.39 is 5.41 Å². The Hall–Kier alpha value is -4.90. The van der Waals surface area contributed by atoms with E-state index in [0.717, 1.165) is 28.4 Å². The van der Waals surface area contributed by atoms with Crippen LogP contribution in [0.5, 0.6) is 0 Å². The average molecular weight is 738 g/mol. The summed E-state index contributed by atoms with van der Waals surface area (Å²) in [7, 11) is 12.6. The molecule has 0 amide bonds. The summed E-state index contributed by atoms with van der Waals surface area (Å²) in [5.74, 6) is 0.812. The molecule has 0 aliphatic rings. The fourth-order valence-corrected chi connectivity index (χ4v) is 8.45. The van der Waals surface area contributed by atoms with Crippen molar-refractivity contribution in [2.24, 2.45) is 0 Å². The Bertz CT molecular complexity index is 1800. The van der Waals surface area contributed by atoms with E-state index in [0.29, 0.717) is 0 Å². The van der Waals surface area contributed by atoms with E-state index in [2.05, 4.69) is 209 Å². The molecular weight excluding hydrogens is 671 g/mol. The van der Waals surface area contributed by atoms with E-state index in [9.17, 15) is 0 Å². The molecule has 4 N–H and O–H groups in total. The van der Waals surface area contributed by atoms with Crippen molar-refractivity contribution in [3.05, 3.63) is 147 Å². The molecule has 0 aliphatic carbocycles. The smallest absolute Gasteiger partial charge is 0.0560 e. The van der Waals surface area contributed by atoms with Crippen LogP contribution < -0.4 is 26.2 Å². The van der Waals surface area contributed by atoms with Crippen molar-refractivity contribution in [2.45, 2.75) is 90.4 Å². The third-order valence-corrected chi connectivity index (χ3v) is 11.6. The summed E-state index contributed by atoms with van der Waals surface area (Å²) in [6.45, 7) is 18.1. The molecule has 292 valence electrons. The van der Waals surface area contributed by atoms with Crippen molar-refractivity contribution in [3.63, 3.8) is 0 Å². The van der Waals surface area contributed by atoms with Crippen LogP contribution in [0.2, 0.25) is 0 Å². The van der Waals surface area contributed by atoms with Crippen LogP contribution >= 0.6 is 0 Å². The molecule has 0 fully saturated rings. The summed E-state index contributed by atoms with van der Waals surface area (Å²) in [5, 5.41) is 0. The SMILES string of the molecule is CC(C)c1cc(C(c2cc(C(C)C)c(N)c(C(C)C)c2)C(c2ccc(N(C)C)cc2)(c2ccc(N(C)C)cc2)c2ccc(N(C)C)cc2)cc(C(C)C)c1N. The standard InChI is InChI=1S/C50H67N5/c1-31(2)43-27-35(28-44(32(3)4)48(43)51)47(36-29-45(33(5)6)49(52)46(30-36)34(7)8)50(37-15-21-40(22-16-37)53(9)10,38-17-23-41(24-18-38)54(11)12)39-19-25-42(26-20-39)55(13)14/h15-34,47H,51-52H2,1-14H3. The third kappa shape index (κ3) is 7.94. The van der Waals surface area contributed by atoms with Crippen LogP contribution in [0.25, 0.3) is 0 Å². The van der Waals surface area contributed by atoms with Crippen LogP contribution in [0.1, 0.15) is 135 Å². The van der Waals surface area contributed by atoms with Gasteiger partial charge in [-0.1, -0.05) is 116 Å². The van der Waals surface area contributed by atoms with Gasteiger partial charge in [-0.15, -0.1) is 0 Å². The second kappa shape index (κ2) is 16.5. The lowest BCUT2D eigenvalue weighted by atomic mass is 9.57. The quantitative estimate of drug-likeness (QED) is 0.0930. The molecule has 0 heterocycles. The first-order valence-electron chi connectivity index (χ1n) is 20.1. The molecule has 5 rings (SSSR count). The van der Waals surface area contributed by atoms with Crippen molar-refractivity contribution in [3.8, 4) is 0 Å². The number of nitrogen functional groups attached to an aromatic ring is 2. The Morgan fingerprint density at radius 3 is 0.782 bits per heavy atom. The van der Waals surface area contributed by atoms with Gasteiger partial charge in [0.1, 0.15) is 0 Å². The second-order valence-electron chi connectivity index (χ2n) is 17.4. The molecule has 5 heteroatoms. The van der Waals surface area contributed by atoms with Gasteiger partial charge in [0.15, 0.2) is 0 Å². The molecule has 0 radical (unpaired) electrons. The topological polar surface area (TPSA) is 61.8 Å². The highest BCUT2D eigenvalue weighted by Crippen LogP contribution is 2.55. The molecule has 0 unspecified atom stereocenters. The van der Waals surface area contributed by atoms with E-state index in [-0.39, 0.29) is 29.6 Å². The zero-order chi connectivity index (χ0) is 40.5. The maximum atomic E-state index is 7.09. The van der Waals surface area contributed by atoms with Crippen LogP contribution in [0.3, 0.4) is 0 Å². The number of anilines is 5. The number of nitrogens with two attached hydrogens (primary N) is 2. The van der Waals surface area contributed by atoms with Gasteiger partial charge < -0.3 is 26.2 Å². The molecule has 0 bridgehead atoms. The summed E-state index contributed by atoms with van der Waals surface area (Å²) >= 11 is 0. The van der Waals surface area contributed by atoms with Crippen LogP contribution in [-0.2, 0) is 5.41 Å². The predicted molar refractivity (Wildman–Crippen MR) is 242 cm³/mol. The molecular formula is C50H67N5. The van der Waals surface area contributed by atoms with Crippen molar-refractivity contribution in [1.82, 2.24) is 0 Å². The zero-order valence-electron chi connectivity index (χ0n) is 36.1. The number of hydrogen-bond donors (Lipinski definition) is 2. The molecule has 0 saturated carbocycles. The van der Waals surface area contributed by atoms with Gasteiger partial charge in [0, 0.05) is 76.6 Å². The summed E-state index contributed by atoms with van der Waals surface area (Å²) in [4.78, 5) is 6.52. The Morgan fingerprint density at radius 1 is 0.382 bits per heavy atom. The van der Waals surface area contributed by atoms with Crippen LogP contribution in [0.15, 0.2) is 97.1 Å². The van der Waals surface area contributed by atoms with Crippen LogP contribution in [0, 0.1) is 0 Å². The number of rotatable bonds is 13. The molecule has 55 heavy (non-hydrogen) atoms. The number of nitrogens with zero attached hydrogens (tertiary/aromatic N) is 3. The van der Waals surface area contributed by atoms with Gasteiger partial charge in [-0.2, -0.15) is 0 Å². The van der Waals surface area contributed by atoms with Crippen molar-refractivity contribution in [1.29, 1.82) is 0 Å². The Kier molecular flexibility index (Phi) is 12.3. The summed E-state index contributed by atoms with van der Waals surface area (Å²) in [5.41, 5.74) is 29.7. The molecule has 5 nitrogen and oxygen atoms in total. The average Bonchev–Trinajstić information content (AvgIpc) is 3.14. The molecule has 0 aliphatic heterocycles. The van der Waals surface area contributed by atoms with Gasteiger partial charge in [0.25, 0.3) is 0 Å². The van der Waals surface area contributed by atoms with E-state index in [1.165, 1.54) is 50.1 Å². The van der Waals surface area contributed by atoms with Gasteiger partial charge in [0.05, 0.1) is 5.41 Å². The maximum Gasteiger partial charge on any atom is 0.0560 e. The highest BCUT2D eigenvalue weighted by Gasteiger charge is 2.46. The lowest BCUT2D eigenvalue weighted by Crippen LogP contribution is -2.38. The Labute approximate surface area is 333 Å². The van der Waals surface area contributed by atoms with Gasteiger partial charge >= 0.3 is 0 Å². The highest BCUT2D eigenvalue weighted by molar-refractivity contribution is 5.68. The molecule has 0 spiro atoms. The lowest BCUT2D eigenvalue weighted by molar-refractivity contribution is 0.534. The molecule has 5 aromatic carbocycles. The minimum atomic E-state index is -0.683. The van der Waals surface area contributed by atoms with E-state index in [1.54, 1.807) is 0 Å². The van der Waals surface area contributed by atoms with E-state index >= 15 is 0 Å². The fourth-order valence-electron chi connectivity index (χ4n) is 8.45. The lowest BCUT2D eigenvalue weighted by Gasteiger charge is -2.45.